The van der Waals surface area contributed by atoms with Crippen LogP contribution in [0.15, 0.2) is 83.5 Å². The summed E-state index contributed by atoms with van der Waals surface area (Å²) in [6, 6.07) is 18.9. The molecule has 1 amide bonds. The number of anilines is 1. The fraction of sp³-hybridized carbons (Fsp3) is 0.0952. The maximum Gasteiger partial charge on any atom is 0.387 e. The van der Waals surface area contributed by atoms with Gasteiger partial charge >= 0.3 is 6.61 Å². The van der Waals surface area contributed by atoms with Gasteiger partial charge in [-0.25, -0.2) is 0 Å². The molecule has 0 aliphatic carbocycles. The third-order valence-corrected chi connectivity index (χ3v) is 3.77. The number of benzene rings is 2. The number of carbonyl (C=O) groups is 1. The number of hydrogen-bond donors (Lipinski definition) is 0. The number of halogens is 2. The van der Waals surface area contributed by atoms with Crippen LogP contribution in [-0.4, -0.2) is 12.5 Å². The number of hydrogen-bond acceptors (Lipinski definition) is 3. The first kappa shape index (κ1) is 18.4. The zero-order valence-electron chi connectivity index (χ0n) is 14.3. The topological polar surface area (TPSA) is 42.7 Å². The lowest BCUT2D eigenvalue weighted by molar-refractivity contribution is -0.114. The van der Waals surface area contributed by atoms with Gasteiger partial charge in [-0.15, -0.1) is 0 Å². The van der Waals surface area contributed by atoms with Crippen molar-refractivity contribution < 1.29 is 22.7 Å². The molecule has 0 fully saturated rings. The Hall–Kier alpha value is -3.41. The summed E-state index contributed by atoms with van der Waals surface area (Å²) >= 11 is 0. The van der Waals surface area contributed by atoms with Crippen molar-refractivity contribution >= 4 is 17.7 Å². The first-order valence-corrected chi connectivity index (χ1v) is 8.24. The molecule has 1 aromatic heterocycles. The zero-order valence-corrected chi connectivity index (χ0v) is 14.3. The highest BCUT2D eigenvalue weighted by Crippen LogP contribution is 2.23. The van der Waals surface area contributed by atoms with E-state index < -0.39 is 6.61 Å². The van der Waals surface area contributed by atoms with E-state index in [9.17, 15) is 13.6 Å². The molecule has 4 nitrogen and oxygen atoms in total. The normalized spacial score (nSPS) is 11.1. The summed E-state index contributed by atoms with van der Waals surface area (Å²) in [5.74, 6) is 0.320. The van der Waals surface area contributed by atoms with E-state index >= 15 is 0 Å². The fourth-order valence-corrected chi connectivity index (χ4v) is 2.54. The first-order chi connectivity index (χ1) is 13.1. The smallest absolute Gasteiger partial charge is 0.387 e. The number of ether oxygens (including phenoxy) is 1. The summed E-state index contributed by atoms with van der Waals surface area (Å²) in [5.41, 5.74) is 1.08. The van der Waals surface area contributed by atoms with Crippen LogP contribution in [0.25, 0.3) is 6.08 Å². The summed E-state index contributed by atoms with van der Waals surface area (Å²) < 4.78 is 34.9. The van der Waals surface area contributed by atoms with E-state index in [2.05, 4.69) is 4.74 Å². The number of rotatable bonds is 7. The van der Waals surface area contributed by atoms with Crippen molar-refractivity contribution in [1.29, 1.82) is 0 Å². The number of carbonyl (C=O) groups excluding carboxylic acids is 1. The molecule has 0 saturated carbocycles. The summed E-state index contributed by atoms with van der Waals surface area (Å²) in [4.78, 5) is 14.3. The Labute approximate surface area is 155 Å². The molecule has 1 heterocycles. The van der Waals surface area contributed by atoms with E-state index in [4.69, 9.17) is 4.42 Å². The van der Waals surface area contributed by atoms with Crippen LogP contribution in [0, 0.1) is 0 Å². The third-order valence-electron chi connectivity index (χ3n) is 3.77. The molecular formula is C21H17F2NO3. The van der Waals surface area contributed by atoms with E-state index in [1.54, 1.807) is 30.3 Å². The molecule has 0 radical (unpaired) electrons. The van der Waals surface area contributed by atoms with Crippen molar-refractivity contribution in [3.63, 3.8) is 0 Å². The second kappa shape index (κ2) is 8.80. The van der Waals surface area contributed by atoms with Crippen LogP contribution in [-0.2, 0) is 11.3 Å². The Balaban J connectivity index is 1.83. The molecule has 0 saturated heterocycles. The van der Waals surface area contributed by atoms with E-state index in [-0.39, 0.29) is 18.2 Å². The van der Waals surface area contributed by atoms with Gasteiger partial charge in [0.25, 0.3) is 5.91 Å². The molecule has 0 aliphatic heterocycles. The molecule has 0 N–H and O–H groups in total. The van der Waals surface area contributed by atoms with E-state index in [0.717, 1.165) is 0 Å². The van der Waals surface area contributed by atoms with Crippen molar-refractivity contribution in [2.24, 2.45) is 0 Å². The fourth-order valence-electron chi connectivity index (χ4n) is 2.54. The predicted molar refractivity (Wildman–Crippen MR) is 98.4 cm³/mol. The van der Waals surface area contributed by atoms with Gasteiger partial charge in [0, 0.05) is 17.3 Å². The van der Waals surface area contributed by atoms with Gasteiger partial charge in [0.05, 0.1) is 12.8 Å². The van der Waals surface area contributed by atoms with E-state index in [1.165, 1.54) is 29.4 Å². The molecule has 2 aromatic carbocycles. The highest BCUT2D eigenvalue weighted by Gasteiger charge is 2.15. The minimum absolute atomic E-state index is 0.00819. The van der Waals surface area contributed by atoms with Crippen molar-refractivity contribution in [3.05, 3.63) is 90.4 Å². The third kappa shape index (κ3) is 5.04. The van der Waals surface area contributed by atoms with Crippen molar-refractivity contribution in [2.75, 3.05) is 4.90 Å². The Kier molecular flexibility index (Phi) is 5.99. The molecule has 0 aliphatic rings. The van der Waals surface area contributed by atoms with Gasteiger partial charge in [0.2, 0.25) is 0 Å². The lowest BCUT2D eigenvalue weighted by atomic mass is 10.2. The van der Waals surface area contributed by atoms with Crippen LogP contribution in [0.3, 0.4) is 0 Å². The van der Waals surface area contributed by atoms with E-state index in [1.807, 2.05) is 30.3 Å². The summed E-state index contributed by atoms with van der Waals surface area (Å²) in [6.07, 6.45) is 4.32. The van der Waals surface area contributed by atoms with Crippen LogP contribution >= 0.6 is 0 Å². The van der Waals surface area contributed by atoms with Crippen molar-refractivity contribution in [3.8, 4) is 5.75 Å². The Morgan fingerprint density at radius 3 is 2.48 bits per heavy atom. The number of nitrogens with zero attached hydrogens (tertiary/aromatic N) is 1. The highest BCUT2D eigenvalue weighted by molar-refractivity contribution is 6.03. The molecule has 0 spiro atoms. The SMILES string of the molecule is O=C(/C=C/c1ccccc1OC(F)F)N(Cc1ccco1)c1ccccc1. The molecule has 6 heteroatoms. The molecule has 138 valence electrons. The second-order valence-electron chi connectivity index (χ2n) is 5.59. The van der Waals surface area contributed by atoms with Gasteiger partial charge in [0.1, 0.15) is 11.5 Å². The monoisotopic (exact) mass is 369 g/mol. The largest absolute Gasteiger partial charge is 0.467 e. The number of para-hydroxylation sites is 2. The summed E-state index contributed by atoms with van der Waals surface area (Å²) in [5, 5.41) is 0. The average molecular weight is 369 g/mol. The standard InChI is InChI=1S/C21H17F2NO3/c22-21(23)27-19-11-5-4-7-16(19)12-13-20(25)24(15-18-10-6-14-26-18)17-8-2-1-3-9-17/h1-14,21H,15H2/b13-12+. The molecule has 0 atom stereocenters. The molecule has 3 rings (SSSR count). The van der Waals surface area contributed by atoms with Crippen LogP contribution in [0.5, 0.6) is 5.75 Å². The summed E-state index contributed by atoms with van der Waals surface area (Å²) in [6.45, 7) is -2.69. The molecule has 3 aromatic rings. The Bertz CT molecular complexity index is 893. The summed E-state index contributed by atoms with van der Waals surface area (Å²) in [7, 11) is 0. The van der Waals surface area contributed by atoms with Crippen LogP contribution in [0.2, 0.25) is 0 Å². The van der Waals surface area contributed by atoms with Gasteiger partial charge in [-0.2, -0.15) is 8.78 Å². The Morgan fingerprint density at radius 1 is 1.04 bits per heavy atom. The minimum atomic E-state index is -2.94. The number of amides is 1. The van der Waals surface area contributed by atoms with Crippen molar-refractivity contribution in [1.82, 2.24) is 0 Å². The minimum Gasteiger partial charge on any atom is -0.467 e. The van der Waals surface area contributed by atoms with E-state index in [0.29, 0.717) is 17.0 Å². The maximum absolute atomic E-state index is 12.8. The number of furan rings is 1. The van der Waals surface area contributed by atoms with Crippen LogP contribution in [0.4, 0.5) is 14.5 Å². The molecule has 0 unspecified atom stereocenters. The zero-order chi connectivity index (χ0) is 19.1. The highest BCUT2D eigenvalue weighted by atomic mass is 19.3. The van der Waals surface area contributed by atoms with Crippen LogP contribution < -0.4 is 9.64 Å². The van der Waals surface area contributed by atoms with Gasteiger partial charge in [-0.1, -0.05) is 36.4 Å². The Morgan fingerprint density at radius 2 is 1.78 bits per heavy atom. The molecular weight excluding hydrogens is 352 g/mol. The van der Waals surface area contributed by atoms with Crippen LogP contribution in [0.1, 0.15) is 11.3 Å². The van der Waals surface area contributed by atoms with Gasteiger partial charge in [-0.05, 0) is 36.4 Å². The lowest BCUT2D eigenvalue weighted by Gasteiger charge is -2.20. The predicted octanol–water partition coefficient (Wildman–Crippen LogP) is 5.13. The lowest BCUT2D eigenvalue weighted by Crippen LogP contribution is -2.28. The van der Waals surface area contributed by atoms with Gasteiger partial charge < -0.3 is 14.1 Å². The number of alkyl halides is 2. The average Bonchev–Trinajstić information content (AvgIpc) is 3.19. The van der Waals surface area contributed by atoms with Gasteiger partial charge in [0.15, 0.2) is 0 Å². The van der Waals surface area contributed by atoms with Crippen molar-refractivity contribution in [2.45, 2.75) is 13.2 Å². The first-order valence-electron chi connectivity index (χ1n) is 8.24. The quantitative estimate of drug-likeness (QED) is 0.543. The molecule has 0 bridgehead atoms. The second-order valence-corrected chi connectivity index (χ2v) is 5.59. The molecule has 27 heavy (non-hydrogen) atoms. The maximum atomic E-state index is 12.8. The van der Waals surface area contributed by atoms with Gasteiger partial charge in [-0.3, -0.25) is 4.79 Å².